The summed E-state index contributed by atoms with van der Waals surface area (Å²) < 4.78 is 2.84. The van der Waals surface area contributed by atoms with Gasteiger partial charge in [-0.15, -0.1) is 0 Å². The van der Waals surface area contributed by atoms with Crippen LogP contribution in [-0.4, -0.2) is 31.4 Å². The van der Waals surface area contributed by atoms with Gasteiger partial charge in [0.1, 0.15) is 5.69 Å². The van der Waals surface area contributed by atoms with E-state index < -0.39 is 11.8 Å². The highest BCUT2D eigenvalue weighted by Crippen LogP contribution is 2.23. The summed E-state index contributed by atoms with van der Waals surface area (Å²) in [5.74, 6) is -1.18. The number of aryl methyl sites for hydroxylation is 1. The largest absolute Gasteiger partial charge is 0.290 e. The zero-order valence-electron chi connectivity index (χ0n) is 19.4. The van der Waals surface area contributed by atoms with E-state index in [1.54, 1.807) is 42.1 Å². The number of para-hydroxylation sites is 1. The third kappa shape index (κ3) is 4.25. The first-order valence-electron chi connectivity index (χ1n) is 11.4. The quantitative estimate of drug-likeness (QED) is 0.377. The van der Waals surface area contributed by atoms with Gasteiger partial charge in [-0.05, 0) is 25.1 Å². The standard InChI is InChI=1S/C27H22N6O3/c1-2-32-27(36)21-16-10-9-15-20(21)24(31-32)26(35)29-28-25(34)22-17-33(19-13-7-4-8-14-19)30-23(22)18-11-5-3-6-12-18/h3-17H,2H2,1H3,(H,28,34)(H,29,35). The predicted molar refractivity (Wildman–Crippen MR) is 136 cm³/mol. The minimum absolute atomic E-state index is 0.0376. The van der Waals surface area contributed by atoms with Crippen LogP contribution in [0.4, 0.5) is 0 Å². The van der Waals surface area contributed by atoms with Gasteiger partial charge in [-0.3, -0.25) is 25.2 Å². The second kappa shape index (κ2) is 9.67. The number of hydrogen-bond acceptors (Lipinski definition) is 5. The highest BCUT2D eigenvalue weighted by atomic mass is 16.2. The molecule has 0 aliphatic carbocycles. The Morgan fingerprint density at radius 1 is 0.778 bits per heavy atom. The van der Waals surface area contributed by atoms with E-state index >= 15 is 0 Å². The highest BCUT2D eigenvalue weighted by molar-refractivity contribution is 6.06. The molecule has 2 N–H and O–H groups in total. The molecule has 0 spiro atoms. The van der Waals surface area contributed by atoms with Crippen molar-refractivity contribution in [1.29, 1.82) is 0 Å². The summed E-state index contributed by atoms with van der Waals surface area (Å²) in [4.78, 5) is 38.8. The summed E-state index contributed by atoms with van der Waals surface area (Å²) in [5.41, 5.74) is 6.95. The van der Waals surface area contributed by atoms with Crippen LogP contribution in [0.3, 0.4) is 0 Å². The van der Waals surface area contributed by atoms with E-state index in [-0.39, 0.29) is 16.8 Å². The Labute approximate surface area is 206 Å². The fourth-order valence-corrected chi connectivity index (χ4v) is 3.92. The van der Waals surface area contributed by atoms with Gasteiger partial charge in [0.15, 0.2) is 5.69 Å². The van der Waals surface area contributed by atoms with Crippen molar-refractivity contribution in [2.75, 3.05) is 0 Å². The van der Waals surface area contributed by atoms with Crippen molar-refractivity contribution in [2.24, 2.45) is 0 Å². The maximum absolute atomic E-state index is 13.2. The summed E-state index contributed by atoms with van der Waals surface area (Å²) >= 11 is 0. The van der Waals surface area contributed by atoms with Crippen LogP contribution in [0.1, 0.15) is 27.8 Å². The van der Waals surface area contributed by atoms with Gasteiger partial charge >= 0.3 is 0 Å². The Kier molecular flexibility index (Phi) is 6.10. The number of amides is 2. The summed E-state index contributed by atoms with van der Waals surface area (Å²) in [5, 5.41) is 9.61. The van der Waals surface area contributed by atoms with Gasteiger partial charge in [0.05, 0.1) is 16.6 Å². The van der Waals surface area contributed by atoms with Crippen molar-refractivity contribution < 1.29 is 9.59 Å². The first-order valence-corrected chi connectivity index (χ1v) is 11.4. The van der Waals surface area contributed by atoms with Crippen molar-refractivity contribution in [3.63, 3.8) is 0 Å². The number of carbonyl (C=O) groups is 2. The molecule has 178 valence electrons. The Hall–Kier alpha value is -5.05. The highest BCUT2D eigenvalue weighted by Gasteiger charge is 2.21. The molecular formula is C27H22N6O3. The lowest BCUT2D eigenvalue weighted by Crippen LogP contribution is -2.42. The van der Waals surface area contributed by atoms with Crippen molar-refractivity contribution in [1.82, 2.24) is 30.4 Å². The van der Waals surface area contributed by atoms with Crippen molar-refractivity contribution in [2.45, 2.75) is 13.5 Å². The SMILES string of the molecule is CCn1nc(C(=O)NNC(=O)c2cn(-c3ccccc3)nc2-c2ccccc2)c2ccccc2c1=O. The molecular weight excluding hydrogens is 456 g/mol. The van der Waals surface area contributed by atoms with E-state index in [2.05, 4.69) is 21.0 Å². The third-order valence-corrected chi connectivity index (χ3v) is 5.70. The number of rotatable bonds is 5. The van der Waals surface area contributed by atoms with Gasteiger partial charge in [0.2, 0.25) is 0 Å². The van der Waals surface area contributed by atoms with E-state index in [0.29, 0.717) is 23.0 Å². The first-order chi connectivity index (χ1) is 17.6. The van der Waals surface area contributed by atoms with Crippen LogP contribution in [0, 0.1) is 0 Å². The number of nitrogens with zero attached hydrogens (tertiary/aromatic N) is 4. The van der Waals surface area contributed by atoms with Crippen LogP contribution in [0.2, 0.25) is 0 Å². The Morgan fingerprint density at radius 2 is 1.39 bits per heavy atom. The minimum atomic E-state index is -0.640. The lowest BCUT2D eigenvalue weighted by molar-refractivity contribution is 0.0844. The topological polar surface area (TPSA) is 111 Å². The zero-order valence-corrected chi connectivity index (χ0v) is 19.4. The van der Waals surface area contributed by atoms with Crippen LogP contribution < -0.4 is 16.4 Å². The van der Waals surface area contributed by atoms with Crippen LogP contribution in [0.25, 0.3) is 27.7 Å². The van der Waals surface area contributed by atoms with E-state index in [0.717, 1.165) is 11.3 Å². The average molecular weight is 479 g/mol. The molecule has 2 heterocycles. The maximum atomic E-state index is 13.2. The number of hydrazine groups is 1. The summed E-state index contributed by atoms with van der Waals surface area (Å²) in [6.07, 6.45) is 1.62. The number of carbonyl (C=O) groups excluding carboxylic acids is 2. The molecule has 0 saturated carbocycles. The van der Waals surface area contributed by atoms with Gasteiger partial charge in [-0.2, -0.15) is 10.2 Å². The molecule has 5 aromatic rings. The molecule has 5 rings (SSSR count). The average Bonchev–Trinajstić information content (AvgIpc) is 3.39. The van der Waals surface area contributed by atoms with E-state index in [4.69, 9.17) is 0 Å². The first kappa shape index (κ1) is 22.7. The fourth-order valence-electron chi connectivity index (χ4n) is 3.92. The number of hydrogen-bond donors (Lipinski definition) is 2. The minimum Gasteiger partial charge on any atom is -0.267 e. The Balaban J connectivity index is 1.46. The fraction of sp³-hybridized carbons (Fsp3) is 0.0741. The van der Waals surface area contributed by atoms with Gasteiger partial charge < -0.3 is 0 Å². The number of aromatic nitrogens is 4. The molecule has 2 aromatic heterocycles. The van der Waals surface area contributed by atoms with Crippen LogP contribution in [-0.2, 0) is 6.54 Å². The van der Waals surface area contributed by atoms with Crippen molar-refractivity contribution in [3.8, 4) is 16.9 Å². The van der Waals surface area contributed by atoms with Gasteiger partial charge in [-0.25, -0.2) is 9.36 Å². The molecule has 0 aliphatic rings. The maximum Gasteiger partial charge on any atom is 0.290 e. The molecule has 36 heavy (non-hydrogen) atoms. The molecule has 0 aliphatic heterocycles. The van der Waals surface area contributed by atoms with E-state index in [9.17, 15) is 14.4 Å². The molecule has 0 fully saturated rings. The molecule has 0 atom stereocenters. The number of nitrogens with one attached hydrogen (secondary N) is 2. The molecule has 2 amide bonds. The molecule has 3 aromatic carbocycles. The number of benzene rings is 3. The smallest absolute Gasteiger partial charge is 0.267 e. The third-order valence-electron chi connectivity index (χ3n) is 5.70. The van der Waals surface area contributed by atoms with Gasteiger partial charge in [0.25, 0.3) is 17.4 Å². The summed E-state index contributed by atoms with van der Waals surface area (Å²) in [7, 11) is 0. The molecule has 0 unspecified atom stereocenters. The molecule has 9 heteroatoms. The van der Waals surface area contributed by atoms with Crippen molar-refractivity contribution >= 4 is 22.6 Å². The number of fused-ring (bicyclic) bond motifs is 1. The second-order valence-electron chi connectivity index (χ2n) is 7.96. The van der Waals surface area contributed by atoms with Crippen LogP contribution in [0.15, 0.2) is 95.9 Å². The van der Waals surface area contributed by atoms with Crippen LogP contribution in [0.5, 0.6) is 0 Å². The molecule has 0 bridgehead atoms. The van der Waals surface area contributed by atoms with E-state index in [1.807, 2.05) is 60.7 Å². The summed E-state index contributed by atoms with van der Waals surface area (Å²) in [6, 6.07) is 25.5. The van der Waals surface area contributed by atoms with Crippen LogP contribution >= 0.6 is 0 Å². The molecule has 0 saturated heterocycles. The summed E-state index contributed by atoms with van der Waals surface area (Å²) in [6.45, 7) is 2.07. The molecule has 0 radical (unpaired) electrons. The second-order valence-corrected chi connectivity index (χ2v) is 7.96. The lowest BCUT2D eigenvalue weighted by Gasteiger charge is -2.11. The van der Waals surface area contributed by atoms with E-state index in [1.165, 1.54) is 4.68 Å². The Bertz CT molecular complexity index is 1620. The predicted octanol–water partition coefficient (Wildman–Crippen LogP) is 3.34. The van der Waals surface area contributed by atoms with Gasteiger partial charge in [-0.1, -0.05) is 66.7 Å². The van der Waals surface area contributed by atoms with Gasteiger partial charge in [0, 0.05) is 23.7 Å². The zero-order chi connectivity index (χ0) is 25.1. The normalized spacial score (nSPS) is 10.8. The monoisotopic (exact) mass is 478 g/mol. The molecule has 9 nitrogen and oxygen atoms in total. The van der Waals surface area contributed by atoms with Crippen molar-refractivity contribution in [3.05, 3.63) is 113 Å². The Morgan fingerprint density at radius 3 is 2.08 bits per heavy atom. The lowest BCUT2D eigenvalue weighted by atomic mass is 10.1.